The Labute approximate surface area is 166 Å². The van der Waals surface area contributed by atoms with Gasteiger partial charge in [-0.2, -0.15) is 0 Å². The normalized spacial score (nSPS) is 21.8. The van der Waals surface area contributed by atoms with Crippen molar-refractivity contribution in [3.05, 3.63) is 54.4 Å². The van der Waals surface area contributed by atoms with Crippen LogP contribution >= 0.6 is 0 Å². The lowest BCUT2D eigenvalue weighted by Crippen LogP contribution is -2.51. The number of hydrogen-bond donors (Lipinski definition) is 1. The Bertz CT molecular complexity index is 781. The summed E-state index contributed by atoms with van der Waals surface area (Å²) in [5.74, 6) is 0.153. The van der Waals surface area contributed by atoms with Crippen LogP contribution in [0, 0.1) is 5.41 Å². The summed E-state index contributed by atoms with van der Waals surface area (Å²) < 4.78 is 11.1. The van der Waals surface area contributed by atoms with Crippen LogP contribution in [0.3, 0.4) is 0 Å². The van der Waals surface area contributed by atoms with Crippen LogP contribution in [0.4, 0.5) is 0 Å². The molecule has 0 spiro atoms. The third-order valence-electron chi connectivity index (χ3n) is 5.91. The average Bonchev–Trinajstić information content (AvgIpc) is 2.76. The molecule has 148 valence electrons. The lowest BCUT2D eigenvalue weighted by molar-refractivity contribution is -0.138. The summed E-state index contributed by atoms with van der Waals surface area (Å²) >= 11 is 0. The molecule has 2 aromatic rings. The van der Waals surface area contributed by atoms with E-state index in [4.69, 9.17) is 9.47 Å². The molecule has 0 bridgehead atoms. The van der Waals surface area contributed by atoms with Crippen LogP contribution in [0.5, 0.6) is 0 Å². The van der Waals surface area contributed by atoms with Gasteiger partial charge in [-0.25, -0.2) is 0 Å². The van der Waals surface area contributed by atoms with Gasteiger partial charge in [-0.05, 0) is 60.9 Å². The van der Waals surface area contributed by atoms with Gasteiger partial charge in [-0.15, -0.1) is 0 Å². The Balaban J connectivity index is 1.54. The summed E-state index contributed by atoms with van der Waals surface area (Å²) in [6.07, 6.45) is 7.86. The number of nitrogens with zero attached hydrogens (tertiary/aromatic N) is 1. The molecule has 0 unspecified atom stereocenters. The van der Waals surface area contributed by atoms with E-state index in [2.05, 4.69) is 34.6 Å². The number of carbonyl (C=O) groups excluding carboxylic acids is 1. The van der Waals surface area contributed by atoms with Crippen molar-refractivity contribution < 1.29 is 14.3 Å². The minimum atomic E-state index is -0.410. The van der Waals surface area contributed by atoms with Gasteiger partial charge in [0.15, 0.2) is 0 Å². The molecule has 3 heterocycles. The van der Waals surface area contributed by atoms with Crippen molar-refractivity contribution in [3.8, 4) is 11.1 Å². The largest absolute Gasteiger partial charge is 0.381 e. The van der Waals surface area contributed by atoms with Crippen LogP contribution < -0.4 is 5.32 Å². The topological polar surface area (TPSA) is 60.5 Å². The molecular weight excluding hydrogens is 352 g/mol. The Kier molecular flexibility index (Phi) is 6.03. The molecule has 5 nitrogen and oxygen atoms in total. The highest BCUT2D eigenvalue weighted by molar-refractivity contribution is 5.83. The number of nitrogens with one attached hydrogen (secondary N) is 1. The van der Waals surface area contributed by atoms with Gasteiger partial charge >= 0.3 is 0 Å². The number of hydrogen-bond acceptors (Lipinski definition) is 4. The van der Waals surface area contributed by atoms with E-state index in [0.29, 0.717) is 19.8 Å². The summed E-state index contributed by atoms with van der Waals surface area (Å²) in [4.78, 5) is 17.4. The molecule has 0 aliphatic carbocycles. The van der Waals surface area contributed by atoms with Crippen molar-refractivity contribution in [2.75, 3.05) is 26.4 Å². The van der Waals surface area contributed by atoms with Crippen LogP contribution in [0.15, 0.2) is 48.8 Å². The van der Waals surface area contributed by atoms with Crippen molar-refractivity contribution in [1.82, 2.24) is 10.3 Å². The first kappa shape index (κ1) is 19.1. The molecule has 2 saturated heterocycles. The molecule has 1 N–H and O–H groups in total. The summed E-state index contributed by atoms with van der Waals surface area (Å²) in [6.45, 7) is 2.69. The van der Waals surface area contributed by atoms with E-state index in [0.717, 1.165) is 49.8 Å². The number of carbonyl (C=O) groups is 1. The number of pyridine rings is 1. The van der Waals surface area contributed by atoms with E-state index in [-0.39, 0.29) is 11.9 Å². The van der Waals surface area contributed by atoms with Crippen molar-refractivity contribution in [2.45, 2.75) is 38.1 Å². The smallest absolute Gasteiger partial charge is 0.227 e. The Morgan fingerprint density at radius 2 is 1.89 bits per heavy atom. The predicted molar refractivity (Wildman–Crippen MR) is 108 cm³/mol. The maximum absolute atomic E-state index is 13.3. The van der Waals surface area contributed by atoms with E-state index >= 15 is 0 Å². The summed E-state index contributed by atoms with van der Waals surface area (Å²) in [7, 11) is 0. The van der Waals surface area contributed by atoms with Gasteiger partial charge in [0.05, 0.1) is 18.1 Å². The van der Waals surface area contributed by atoms with Crippen molar-refractivity contribution >= 4 is 5.91 Å². The zero-order valence-corrected chi connectivity index (χ0v) is 16.2. The molecule has 4 rings (SSSR count). The highest BCUT2D eigenvalue weighted by Gasteiger charge is 2.41. The van der Waals surface area contributed by atoms with Crippen molar-refractivity contribution in [1.29, 1.82) is 0 Å². The quantitative estimate of drug-likeness (QED) is 0.864. The monoisotopic (exact) mass is 380 g/mol. The Hall–Kier alpha value is -2.24. The molecule has 28 heavy (non-hydrogen) atoms. The third-order valence-corrected chi connectivity index (χ3v) is 5.91. The van der Waals surface area contributed by atoms with Gasteiger partial charge < -0.3 is 14.8 Å². The molecule has 1 amide bonds. The number of amides is 1. The maximum Gasteiger partial charge on any atom is 0.227 e. The van der Waals surface area contributed by atoms with E-state index < -0.39 is 5.41 Å². The van der Waals surface area contributed by atoms with Gasteiger partial charge in [0.2, 0.25) is 5.91 Å². The third kappa shape index (κ3) is 4.42. The standard InChI is InChI=1S/C23H28N2O3/c26-22(25-21-5-2-12-28-17-21)23(8-13-27-14-9-23)16-18-3-1-4-20(15-18)19-6-10-24-11-7-19/h1,3-4,6-7,10-11,15,21H,2,5,8-9,12-14,16-17H2,(H,25,26)/t21-/m1/s1. The summed E-state index contributed by atoms with van der Waals surface area (Å²) in [6, 6.07) is 12.7. The summed E-state index contributed by atoms with van der Waals surface area (Å²) in [5.41, 5.74) is 3.07. The van der Waals surface area contributed by atoms with Crippen molar-refractivity contribution in [2.24, 2.45) is 5.41 Å². The van der Waals surface area contributed by atoms with Crippen LogP contribution in [0.25, 0.3) is 11.1 Å². The molecule has 0 saturated carbocycles. The molecule has 2 aliphatic heterocycles. The molecule has 2 fully saturated rings. The molecule has 0 radical (unpaired) electrons. The number of aromatic nitrogens is 1. The average molecular weight is 380 g/mol. The van der Waals surface area contributed by atoms with Gasteiger partial charge in [-0.1, -0.05) is 24.3 Å². The first-order valence-electron chi connectivity index (χ1n) is 10.2. The zero-order chi connectivity index (χ0) is 19.2. The second-order valence-corrected chi connectivity index (χ2v) is 7.89. The Morgan fingerprint density at radius 3 is 2.64 bits per heavy atom. The van der Waals surface area contributed by atoms with Crippen LogP contribution in [-0.4, -0.2) is 43.4 Å². The van der Waals surface area contributed by atoms with Crippen LogP contribution in [0.2, 0.25) is 0 Å². The maximum atomic E-state index is 13.3. The highest BCUT2D eigenvalue weighted by Crippen LogP contribution is 2.36. The predicted octanol–water partition coefficient (Wildman–Crippen LogP) is 3.38. The fraction of sp³-hybridized carbons (Fsp3) is 0.478. The SMILES string of the molecule is O=C(N[C@@H]1CCCOC1)C1(Cc2cccc(-c3ccncc3)c2)CCOCC1. The van der Waals surface area contributed by atoms with Gasteiger partial charge in [0, 0.05) is 32.2 Å². The van der Waals surface area contributed by atoms with Crippen molar-refractivity contribution in [3.63, 3.8) is 0 Å². The minimum Gasteiger partial charge on any atom is -0.381 e. The fourth-order valence-electron chi connectivity index (χ4n) is 4.24. The highest BCUT2D eigenvalue weighted by atomic mass is 16.5. The number of benzene rings is 1. The van der Waals surface area contributed by atoms with E-state index in [1.165, 1.54) is 5.56 Å². The molecule has 1 aromatic heterocycles. The molecule has 5 heteroatoms. The number of rotatable bonds is 5. The zero-order valence-electron chi connectivity index (χ0n) is 16.2. The van der Waals surface area contributed by atoms with Crippen LogP contribution in [-0.2, 0) is 20.7 Å². The number of ether oxygens (including phenoxy) is 2. The van der Waals surface area contributed by atoms with Gasteiger partial charge in [-0.3, -0.25) is 9.78 Å². The molecule has 1 aromatic carbocycles. The molecule has 2 aliphatic rings. The second-order valence-electron chi connectivity index (χ2n) is 7.89. The molecular formula is C23H28N2O3. The lowest BCUT2D eigenvalue weighted by Gasteiger charge is -2.37. The first-order chi connectivity index (χ1) is 13.8. The summed E-state index contributed by atoms with van der Waals surface area (Å²) in [5, 5.41) is 3.27. The molecule has 1 atom stereocenters. The van der Waals surface area contributed by atoms with E-state index in [1.807, 2.05) is 24.5 Å². The van der Waals surface area contributed by atoms with E-state index in [9.17, 15) is 4.79 Å². The van der Waals surface area contributed by atoms with E-state index in [1.54, 1.807) is 0 Å². The first-order valence-corrected chi connectivity index (χ1v) is 10.2. The fourth-order valence-corrected chi connectivity index (χ4v) is 4.24. The Morgan fingerprint density at radius 1 is 1.07 bits per heavy atom. The van der Waals surface area contributed by atoms with Gasteiger partial charge in [0.1, 0.15) is 0 Å². The second kappa shape index (κ2) is 8.84. The minimum absolute atomic E-state index is 0.129. The lowest BCUT2D eigenvalue weighted by atomic mass is 9.74. The van der Waals surface area contributed by atoms with Gasteiger partial charge in [0.25, 0.3) is 0 Å². The van der Waals surface area contributed by atoms with Crippen LogP contribution in [0.1, 0.15) is 31.2 Å².